The summed E-state index contributed by atoms with van der Waals surface area (Å²) in [4.78, 5) is 17.3. The van der Waals surface area contributed by atoms with Crippen molar-refractivity contribution in [1.29, 1.82) is 0 Å². The Labute approximate surface area is 206 Å². The molecule has 2 N–H and O–H groups in total. The SMILES string of the molecule is O=C(NCCC12CC3CC(CC(C3)C1)C2)c1cccc(Nc2ccc(-c3cccc(F)c3)cn2)c1. The molecule has 4 aliphatic carbocycles. The second-order valence-corrected chi connectivity index (χ2v) is 11.1. The van der Waals surface area contributed by atoms with E-state index in [1.54, 1.807) is 12.3 Å². The zero-order valence-electron chi connectivity index (χ0n) is 20.0. The third-order valence-electron chi connectivity index (χ3n) is 8.42. The summed E-state index contributed by atoms with van der Waals surface area (Å²) in [5.74, 6) is 3.21. The maximum atomic E-state index is 13.5. The molecule has 1 aromatic heterocycles. The number of rotatable bonds is 7. The fourth-order valence-corrected chi connectivity index (χ4v) is 7.33. The van der Waals surface area contributed by atoms with Crippen LogP contribution in [-0.2, 0) is 0 Å². The fraction of sp³-hybridized carbons (Fsp3) is 0.400. The van der Waals surface area contributed by atoms with Crippen LogP contribution >= 0.6 is 0 Å². The van der Waals surface area contributed by atoms with Gasteiger partial charge in [0.1, 0.15) is 11.6 Å². The normalized spacial score (nSPS) is 26.5. The summed E-state index contributed by atoms with van der Waals surface area (Å²) >= 11 is 0. The lowest BCUT2D eigenvalue weighted by molar-refractivity contribution is -0.0564. The first kappa shape index (κ1) is 22.3. The predicted octanol–water partition coefficient (Wildman–Crippen LogP) is 6.97. The average molecular weight is 470 g/mol. The Morgan fingerprint density at radius 2 is 1.66 bits per heavy atom. The molecule has 1 amide bonds. The Hall–Kier alpha value is -3.21. The molecule has 4 nitrogen and oxygen atoms in total. The van der Waals surface area contributed by atoms with Gasteiger partial charge in [0, 0.05) is 29.6 Å². The third kappa shape index (κ3) is 4.82. The van der Waals surface area contributed by atoms with Crippen molar-refractivity contribution in [2.75, 3.05) is 11.9 Å². The number of anilines is 2. The van der Waals surface area contributed by atoms with Crippen LogP contribution in [-0.4, -0.2) is 17.4 Å². The molecule has 0 saturated heterocycles. The maximum Gasteiger partial charge on any atom is 0.251 e. The zero-order chi connectivity index (χ0) is 23.8. The maximum absolute atomic E-state index is 13.5. The van der Waals surface area contributed by atoms with Gasteiger partial charge in [-0.3, -0.25) is 4.79 Å². The molecular formula is C30H32FN3O. The van der Waals surface area contributed by atoms with Crippen LogP contribution in [0.4, 0.5) is 15.9 Å². The van der Waals surface area contributed by atoms with Crippen LogP contribution in [0.15, 0.2) is 66.9 Å². The molecule has 4 fully saturated rings. The van der Waals surface area contributed by atoms with Gasteiger partial charge in [-0.05, 0) is 116 Å². The number of amides is 1. The van der Waals surface area contributed by atoms with Crippen molar-refractivity contribution in [1.82, 2.24) is 10.3 Å². The molecule has 3 aromatic rings. The minimum atomic E-state index is -0.266. The van der Waals surface area contributed by atoms with Crippen molar-refractivity contribution in [2.45, 2.75) is 44.9 Å². The predicted molar refractivity (Wildman–Crippen MR) is 137 cm³/mol. The average Bonchev–Trinajstić information content (AvgIpc) is 2.84. The summed E-state index contributed by atoms with van der Waals surface area (Å²) in [6.45, 7) is 0.756. The summed E-state index contributed by atoms with van der Waals surface area (Å²) in [7, 11) is 0. The standard InChI is InChI=1S/C30H32FN3O/c31-26-5-1-3-23(14-26)25-7-8-28(33-19-25)34-27-6-2-4-24(15-27)29(35)32-10-9-30-16-20-11-21(17-30)13-22(12-20)18-30/h1-8,14-15,19-22H,9-13,16-18H2,(H,32,35)(H,33,34). The van der Waals surface area contributed by atoms with Gasteiger partial charge in [-0.2, -0.15) is 0 Å². The fourth-order valence-electron chi connectivity index (χ4n) is 7.33. The Balaban J connectivity index is 1.06. The van der Waals surface area contributed by atoms with E-state index in [0.29, 0.717) is 16.8 Å². The van der Waals surface area contributed by atoms with E-state index in [0.717, 1.165) is 47.5 Å². The highest BCUT2D eigenvalue weighted by Gasteiger charge is 2.50. The minimum absolute atomic E-state index is 0.0206. The number of hydrogen-bond acceptors (Lipinski definition) is 3. The molecule has 0 aliphatic heterocycles. The van der Waals surface area contributed by atoms with E-state index < -0.39 is 0 Å². The zero-order valence-corrected chi connectivity index (χ0v) is 20.0. The van der Waals surface area contributed by atoms with Gasteiger partial charge < -0.3 is 10.6 Å². The number of hydrogen-bond donors (Lipinski definition) is 2. The van der Waals surface area contributed by atoms with E-state index in [-0.39, 0.29) is 11.7 Å². The highest BCUT2D eigenvalue weighted by Crippen LogP contribution is 2.61. The quantitative estimate of drug-likeness (QED) is 0.393. The van der Waals surface area contributed by atoms with Crippen LogP contribution in [0, 0.1) is 29.0 Å². The largest absolute Gasteiger partial charge is 0.352 e. The first-order valence-corrected chi connectivity index (χ1v) is 12.9. The number of carbonyl (C=O) groups excluding carboxylic acids is 1. The van der Waals surface area contributed by atoms with Gasteiger partial charge in [0.15, 0.2) is 0 Å². The number of halogens is 1. The lowest BCUT2D eigenvalue weighted by Crippen LogP contribution is -2.47. The lowest BCUT2D eigenvalue weighted by Gasteiger charge is -2.57. The second-order valence-electron chi connectivity index (χ2n) is 11.1. The Morgan fingerprint density at radius 1 is 0.914 bits per heavy atom. The van der Waals surface area contributed by atoms with E-state index in [2.05, 4.69) is 15.6 Å². The van der Waals surface area contributed by atoms with Crippen LogP contribution in [0.25, 0.3) is 11.1 Å². The first-order valence-electron chi connectivity index (χ1n) is 12.9. The van der Waals surface area contributed by atoms with Crippen molar-refractivity contribution in [3.8, 4) is 11.1 Å². The summed E-state index contributed by atoms with van der Waals surface area (Å²) < 4.78 is 13.5. The van der Waals surface area contributed by atoms with Crippen molar-refractivity contribution >= 4 is 17.4 Å². The smallest absolute Gasteiger partial charge is 0.251 e. The molecular weight excluding hydrogens is 437 g/mol. The number of benzene rings is 2. The molecule has 1 heterocycles. The topological polar surface area (TPSA) is 54.0 Å². The molecule has 0 atom stereocenters. The molecule has 35 heavy (non-hydrogen) atoms. The van der Waals surface area contributed by atoms with Gasteiger partial charge in [0.2, 0.25) is 0 Å². The van der Waals surface area contributed by atoms with Crippen LogP contribution in [0.2, 0.25) is 0 Å². The highest BCUT2D eigenvalue weighted by atomic mass is 19.1. The van der Waals surface area contributed by atoms with Gasteiger partial charge in [0.25, 0.3) is 5.91 Å². The van der Waals surface area contributed by atoms with E-state index in [4.69, 9.17) is 0 Å². The molecule has 180 valence electrons. The number of nitrogens with zero attached hydrogens (tertiary/aromatic N) is 1. The molecule has 0 radical (unpaired) electrons. The number of nitrogens with one attached hydrogen (secondary N) is 2. The van der Waals surface area contributed by atoms with Crippen LogP contribution < -0.4 is 10.6 Å². The second kappa shape index (κ2) is 9.10. The van der Waals surface area contributed by atoms with E-state index in [1.165, 1.54) is 50.7 Å². The van der Waals surface area contributed by atoms with Crippen LogP contribution in [0.5, 0.6) is 0 Å². The summed E-state index contributed by atoms with van der Waals surface area (Å²) in [6, 6.07) is 17.8. The van der Waals surface area contributed by atoms with Gasteiger partial charge in [-0.15, -0.1) is 0 Å². The van der Waals surface area contributed by atoms with Crippen molar-refractivity contribution in [3.63, 3.8) is 0 Å². The molecule has 5 heteroatoms. The van der Waals surface area contributed by atoms with E-state index in [1.807, 2.05) is 42.5 Å². The molecule has 2 aromatic carbocycles. The van der Waals surface area contributed by atoms with Crippen molar-refractivity contribution < 1.29 is 9.18 Å². The van der Waals surface area contributed by atoms with Gasteiger partial charge in [-0.1, -0.05) is 18.2 Å². The molecule has 0 unspecified atom stereocenters. The van der Waals surface area contributed by atoms with Crippen LogP contribution in [0.1, 0.15) is 55.3 Å². The highest BCUT2D eigenvalue weighted by molar-refractivity contribution is 5.95. The van der Waals surface area contributed by atoms with E-state index >= 15 is 0 Å². The first-order chi connectivity index (χ1) is 17.0. The van der Waals surface area contributed by atoms with Crippen molar-refractivity contribution in [2.24, 2.45) is 23.2 Å². The molecule has 0 spiro atoms. The Kier molecular flexibility index (Phi) is 5.79. The minimum Gasteiger partial charge on any atom is -0.352 e. The van der Waals surface area contributed by atoms with E-state index in [9.17, 15) is 9.18 Å². The molecule has 7 rings (SSSR count). The van der Waals surface area contributed by atoms with Gasteiger partial charge in [-0.25, -0.2) is 9.37 Å². The van der Waals surface area contributed by atoms with Gasteiger partial charge >= 0.3 is 0 Å². The van der Waals surface area contributed by atoms with Crippen LogP contribution in [0.3, 0.4) is 0 Å². The Bertz CT molecular complexity index is 1190. The number of carbonyl (C=O) groups is 1. The van der Waals surface area contributed by atoms with Crippen molar-refractivity contribution in [3.05, 3.63) is 78.2 Å². The summed E-state index contributed by atoms with van der Waals surface area (Å²) in [5.41, 5.74) is 3.58. The molecule has 4 saturated carbocycles. The molecule has 4 aliphatic rings. The Morgan fingerprint density at radius 3 is 2.34 bits per heavy atom. The van der Waals surface area contributed by atoms with Gasteiger partial charge in [0.05, 0.1) is 0 Å². The lowest BCUT2D eigenvalue weighted by atomic mass is 9.49. The number of aromatic nitrogens is 1. The summed E-state index contributed by atoms with van der Waals surface area (Å²) in [5, 5.41) is 6.45. The number of pyridine rings is 1. The monoisotopic (exact) mass is 469 g/mol. The molecule has 4 bridgehead atoms. The summed E-state index contributed by atoms with van der Waals surface area (Å²) in [6.07, 6.45) is 11.3. The third-order valence-corrected chi connectivity index (χ3v) is 8.42.